The first-order chi connectivity index (χ1) is 14.2. The Bertz CT molecular complexity index is 580. The highest BCUT2D eigenvalue weighted by atomic mass is 16.4. The van der Waals surface area contributed by atoms with E-state index in [1.165, 1.54) is 5.56 Å². The van der Waals surface area contributed by atoms with Crippen LogP contribution in [0, 0.1) is 11.8 Å². The van der Waals surface area contributed by atoms with E-state index in [0.717, 1.165) is 63.4 Å². The zero-order chi connectivity index (χ0) is 23.1. The number of aliphatic hydroxyl groups is 2. The van der Waals surface area contributed by atoms with Crippen LogP contribution < -0.4 is 0 Å². The summed E-state index contributed by atoms with van der Waals surface area (Å²) in [6, 6.07) is 5.67. The van der Waals surface area contributed by atoms with E-state index in [9.17, 15) is 20.1 Å². The third-order valence-corrected chi connectivity index (χ3v) is 5.53. The molecule has 3 atom stereocenters. The molecule has 0 aliphatic rings. The maximum Gasteiger partial charge on any atom is 0.335 e. The standard InChI is InChI=1S/C15H22O2.C11H24O2/c1-3-5-8-12-9-7-11-14(15(16)17)13(12)10-6-4-2;1-5-6-10(9(4)12)11(13)7-8(2)3/h7,9,11H,3-6,8,10H2,1-2H3,(H,16,17);8-13H,5-7H2,1-4H3. The van der Waals surface area contributed by atoms with E-state index < -0.39 is 12.1 Å². The van der Waals surface area contributed by atoms with Gasteiger partial charge in [-0.15, -0.1) is 0 Å². The number of carboxylic acid groups (broad SMARTS) is 1. The van der Waals surface area contributed by atoms with Gasteiger partial charge in [0.2, 0.25) is 0 Å². The normalized spacial score (nSPS) is 14.0. The van der Waals surface area contributed by atoms with Crippen LogP contribution in [0.3, 0.4) is 0 Å². The number of carbonyl (C=O) groups is 1. The molecule has 0 radical (unpaired) electrons. The highest BCUT2D eigenvalue weighted by molar-refractivity contribution is 5.89. The van der Waals surface area contributed by atoms with Gasteiger partial charge >= 0.3 is 5.97 Å². The SMILES string of the molecule is CCCC(C(C)O)C(O)CC(C)C.CCCCc1cccc(C(=O)O)c1CCCC. The molecule has 1 rings (SSSR count). The van der Waals surface area contributed by atoms with Gasteiger partial charge in [0, 0.05) is 5.92 Å². The number of hydrogen-bond donors (Lipinski definition) is 3. The van der Waals surface area contributed by atoms with Gasteiger partial charge in [-0.05, 0) is 68.6 Å². The fourth-order valence-electron chi connectivity index (χ4n) is 3.83. The molecule has 0 saturated carbocycles. The molecule has 1 aromatic carbocycles. The molecule has 4 heteroatoms. The Labute approximate surface area is 184 Å². The Balaban J connectivity index is 0.000000584. The van der Waals surface area contributed by atoms with Crippen molar-refractivity contribution in [1.82, 2.24) is 0 Å². The van der Waals surface area contributed by atoms with Crippen molar-refractivity contribution >= 4 is 5.97 Å². The molecular weight excluding hydrogens is 376 g/mol. The van der Waals surface area contributed by atoms with Crippen molar-refractivity contribution in [2.75, 3.05) is 0 Å². The Morgan fingerprint density at radius 2 is 1.53 bits per heavy atom. The van der Waals surface area contributed by atoms with Crippen molar-refractivity contribution in [2.45, 2.75) is 112 Å². The lowest BCUT2D eigenvalue weighted by Crippen LogP contribution is -2.30. The zero-order valence-corrected chi connectivity index (χ0v) is 20.2. The number of aryl methyl sites for hydroxylation is 1. The van der Waals surface area contributed by atoms with Gasteiger partial charge in [0.25, 0.3) is 0 Å². The molecule has 0 saturated heterocycles. The molecular formula is C26H46O4. The van der Waals surface area contributed by atoms with Gasteiger partial charge in [-0.3, -0.25) is 0 Å². The highest BCUT2D eigenvalue weighted by Crippen LogP contribution is 2.21. The third-order valence-electron chi connectivity index (χ3n) is 5.53. The molecule has 0 amide bonds. The topological polar surface area (TPSA) is 77.8 Å². The van der Waals surface area contributed by atoms with Crippen molar-refractivity contribution in [1.29, 1.82) is 0 Å². The minimum atomic E-state index is -0.797. The predicted molar refractivity (Wildman–Crippen MR) is 126 cm³/mol. The molecule has 30 heavy (non-hydrogen) atoms. The first-order valence-electron chi connectivity index (χ1n) is 11.9. The van der Waals surface area contributed by atoms with E-state index in [-0.39, 0.29) is 12.0 Å². The molecule has 0 aromatic heterocycles. The smallest absolute Gasteiger partial charge is 0.335 e. The number of benzene rings is 1. The molecule has 0 bridgehead atoms. The Kier molecular flexibility index (Phi) is 15.6. The number of hydrogen-bond acceptors (Lipinski definition) is 3. The summed E-state index contributed by atoms with van der Waals surface area (Å²) < 4.78 is 0. The molecule has 0 fully saturated rings. The first kappa shape index (κ1) is 28.6. The van der Waals surface area contributed by atoms with Crippen LogP contribution in [0.2, 0.25) is 0 Å². The average molecular weight is 423 g/mol. The van der Waals surface area contributed by atoms with Gasteiger partial charge in [-0.25, -0.2) is 4.79 Å². The van der Waals surface area contributed by atoms with E-state index in [2.05, 4.69) is 40.7 Å². The number of unbranched alkanes of at least 4 members (excludes halogenated alkanes) is 2. The summed E-state index contributed by atoms with van der Waals surface area (Å²) >= 11 is 0. The lowest BCUT2D eigenvalue weighted by Gasteiger charge is -2.26. The summed E-state index contributed by atoms with van der Waals surface area (Å²) in [5.41, 5.74) is 2.77. The van der Waals surface area contributed by atoms with Gasteiger partial charge in [0.05, 0.1) is 17.8 Å². The molecule has 0 heterocycles. The van der Waals surface area contributed by atoms with Crippen molar-refractivity contribution in [3.05, 3.63) is 34.9 Å². The molecule has 174 valence electrons. The van der Waals surface area contributed by atoms with E-state index in [0.29, 0.717) is 11.5 Å². The third kappa shape index (κ3) is 11.1. The molecule has 0 aliphatic heterocycles. The second kappa shape index (κ2) is 16.3. The lowest BCUT2D eigenvalue weighted by molar-refractivity contribution is 0.00651. The fraction of sp³-hybridized carbons (Fsp3) is 0.731. The minimum absolute atomic E-state index is 0.0485. The molecule has 0 spiro atoms. The summed E-state index contributed by atoms with van der Waals surface area (Å²) in [5, 5.41) is 28.5. The minimum Gasteiger partial charge on any atom is -0.478 e. The summed E-state index contributed by atoms with van der Waals surface area (Å²) in [5.74, 6) is -0.255. The number of rotatable bonds is 13. The van der Waals surface area contributed by atoms with Gasteiger partial charge in [-0.2, -0.15) is 0 Å². The van der Waals surface area contributed by atoms with Crippen molar-refractivity contribution in [2.24, 2.45) is 11.8 Å². The van der Waals surface area contributed by atoms with Crippen molar-refractivity contribution in [3.63, 3.8) is 0 Å². The molecule has 0 aliphatic carbocycles. The second-order valence-electron chi connectivity index (χ2n) is 8.85. The van der Waals surface area contributed by atoms with Gasteiger partial charge in [0.15, 0.2) is 0 Å². The van der Waals surface area contributed by atoms with Crippen LogP contribution in [-0.4, -0.2) is 33.5 Å². The summed E-state index contributed by atoms with van der Waals surface area (Å²) in [7, 11) is 0. The average Bonchev–Trinajstić information content (AvgIpc) is 2.68. The van der Waals surface area contributed by atoms with Crippen LogP contribution in [-0.2, 0) is 12.8 Å². The quantitative estimate of drug-likeness (QED) is 0.350. The zero-order valence-electron chi connectivity index (χ0n) is 20.2. The van der Waals surface area contributed by atoms with Crippen LogP contribution >= 0.6 is 0 Å². The van der Waals surface area contributed by atoms with E-state index in [1.54, 1.807) is 13.0 Å². The fourth-order valence-corrected chi connectivity index (χ4v) is 3.83. The van der Waals surface area contributed by atoms with E-state index >= 15 is 0 Å². The van der Waals surface area contributed by atoms with Crippen molar-refractivity contribution in [3.8, 4) is 0 Å². The molecule has 1 aromatic rings. The number of carboxylic acids is 1. The van der Waals surface area contributed by atoms with Gasteiger partial charge < -0.3 is 15.3 Å². The van der Waals surface area contributed by atoms with Crippen molar-refractivity contribution < 1.29 is 20.1 Å². The van der Waals surface area contributed by atoms with Crippen LogP contribution in [0.25, 0.3) is 0 Å². The van der Waals surface area contributed by atoms with Gasteiger partial charge in [-0.1, -0.05) is 66.0 Å². The molecule has 3 N–H and O–H groups in total. The van der Waals surface area contributed by atoms with E-state index in [4.69, 9.17) is 0 Å². The maximum absolute atomic E-state index is 11.2. The van der Waals surface area contributed by atoms with Gasteiger partial charge in [0.1, 0.15) is 0 Å². The summed E-state index contributed by atoms with van der Waals surface area (Å²) in [6.45, 7) is 12.3. The first-order valence-corrected chi connectivity index (χ1v) is 11.9. The molecule has 3 unspecified atom stereocenters. The highest BCUT2D eigenvalue weighted by Gasteiger charge is 2.23. The second-order valence-corrected chi connectivity index (χ2v) is 8.85. The largest absolute Gasteiger partial charge is 0.478 e. The van der Waals surface area contributed by atoms with Crippen LogP contribution in [0.1, 0.15) is 108 Å². The summed E-state index contributed by atoms with van der Waals surface area (Å²) in [4.78, 5) is 11.2. The lowest BCUT2D eigenvalue weighted by atomic mass is 9.87. The van der Waals surface area contributed by atoms with E-state index in [1.807, 2.05) is 6.07 Å². The Morgan fingerprint density at radius 3 is 2.00 bits per heavy atom. The Hall–Kier alpha value is -1.39. The van der Waals surface area contributed by atoms with Crippen LogP contribution in [0.5, 0.6) is 0 Å². The number of aromatic carboxylic acids is 1. The maximum atomic E-state index is 11.2. The predicted octanol–water partition coefficient (Wildman–Crippen LogP) is 6.26. The molecule has 4 nitrogen and oxygen atoms in total. The monoisotopic (exact) mass is 422 g/mol. The Morgan fingerprint density at radius 1 is 0.933 bits per heavy atom. The van der Waals surface area contributed by atoms with Crippen LogP contribution in [0.4, 0.5) is 0 Å². The summed E-state index contributed by atoms with van der Waals surface area (Å²) in [6.07, 6.45) is 8.28. The van der Waals surface area contributed by atoms with Crippen LogP contribution in [0.15, 0.2) is 18.2 Å². The number of aliphatic hydroxyl groups excluding tert-OH is 2.